The average Bonchev–Trinajstić information content (AvgIpc) is 2.60. The van der Waals surface area contributed by atoms with Gasteiger partial charge < -0.3 is 10.1 Å². The molecular formula is C18H16F5N3O2. The molecule has 28 heavy (non-hydrogen) atoms. The Labute approximate surface area is 157 Å². The van der Waals surface area contributed by atoms with Crippen molar-refractivity contribution in [3.8, 4) is 0 Å². The molecule has 0 aromatic rings. The number of rotatable bonds is 7. The standard InChI is InChI=1S/C18H16F5N3O2/c1-3-25-15(17(27)26-14-8-7-12(19)10-13(14)20)16(24)28-9-5-4-6-11(2)18(21,22)23/h3-6,8-10,12,24H,1-2,7H2,(H,26,27)/b6-4-,9-5+,24-16?,25-15?. The maximum absolute atomic E-state index is 13.6. The van der Waals surface area contributed by atoms with Crippen molar-refractivity contribution in [1.29, 1.82) is 5.41 Å². The molecule has 5 nitrogen and oxygen atoms in total. The second kappa shape index (κ2) is 10.1. The molecule has 1 aliphatic rings. The third-order valence-corrected chi connectivity index (χ3v) is 3.07. The Morgan fingerprint density at radius 2 is 2.07 bits per heavy atom. The minimum Gasteiger partial charge on any atom is -0.445 e. The average molecular weight is 401 g/mol. The maximum Gasteiger partial charge on any atom is 0.415 e. The van der Waals surface area contributed by atoms with Crippen molar-refractivity contribution in [3.63, 3.8) is 0 Å². The van der Waals surface area contributed by atoms with Crippen molar-refractivity contribution in [2.24, 2.45) is 4.99 Å². The summed E-state index contributed by atoms with van der Waals surface area (Å²) in [5.41, 5.74) is -1.96. The number of carbonyl (C=O) groups is 1. The van der Waals surface area contributed by atoms with Crippen LogP contribution in [0.5, 0.6) is 0 Å². The fourth-order valence-corrected chi connectivity index (χ4v) is 1.72. The molecule has 1 aliphatic carbocycles. The van der Waals surface area contributed by atoms with Gasteiger partial charge in [0, 0.05) is 18.2 Å². The van der Waals surface area contributed by atoms with Crippen LogP contribution in [0, 0.1) is 5.41 Å². The van der Waals surface area contributed by atoms with Crippen molar-refractivity contribution in [2.45, 2.75) is 18.8 Å². The van der Waals surface area contributed by atoms with Crippen LogP contribution in [0.2, 0.25) is 0 Å². The number of ether oxygens (including phenoxy) is 1. The summed E-state index contributed by atoms with van der Waals surface area (Å²) < 4.78 is 68.2. The van der Waals surface area contributed by atoms with E-state index in [9.17, 15) is 26.7 Å². The molecule has 1 rings (SSSR count). The minimum atomic E-state index is -4.57. The van der Waals surface area contributed by atoms with E-state index < -0.39 is 41.3 Å². The number of amides is 1. The molecule has 0 aromatic carbocycles. The highest BCUT2D eigenvalue weighted by molar-refractivity contribution is 6.64. The smallest absolute Gasteiger partial charge is 0.415 e. The number of hydrogen-bond acceptors (Lipinski definition) is 4. The fraction of sp³-hybridized carbons (Fsp3) is 0.167. The second-order valence-electron chi connectivity index (χ2n) is 5.16. The summed E-state index contributed by atoms with van der Waals surface area (Å²) in [6.45, 7) is 6.10. The molecule has 1 amide bonds. The van der Waals surface area contributed by atoms with Crippen LogP contribution in [0.25, 0.3) is 0 Å². The summed E-state index contributed by atoms with van der Waals surface area (Å²) >= 11 is 0. The van der Waals surface area contributed by atoms with E-state index in [4.69, 9.17) is 10.1 Å². The number of alkyl halides is 4. The monoisotopic (exact) mass is 401 g/mol. The van der Waals surface area contributed by atoms with Gasteiger partial charge in [-0.3, -0.25) is 10.2 Å². The zero-order chi connectivity index (χ0) is 21.3. The third-order valence-electron chi connectivity index (χ3n) is 3.07. The zero-order valence-electron chi connectivity index (χ0n) is 14.4. The summed E-state index contributed by atoms with van der Waals surface area (Å²) in [6, 6.07) is 0. The maximum atomic E-state index is 13.6. The van der Waals surface area contributed by atoms with Crippen LogP contribution in [0.3, 0.4) is 0 Å². The number of aliphatic imine (C=N–C) groups is 1. The number of halogens is 5. The van der Waals surface area contributed by atoms with Crippen LogP contribution >= 0.6 is 0 Å². The number of carbonyl (C=O) groups excluding carboxylic acids is 1. The molecule has 0 saturated carbocycles. The van der Waals surface area contributed by atoms with Crippen molar-refractivity contribution in [3.05, 3.63) is 73.1 Å². The lowest BCUT2D eigenvalue weighted by molar-refractivity contribution is -0.114. The van der Waals surface area contributed by atoms with Crippen molar-refractivity contribution in [2.75, 3.05) is 0 Å². The van der Waals surface area contributed by atoms with Gasteiger partial charge in [0.1, 0.15) is 12.0 Å². The van der Waals surface area contributed by atoms with Crippen LogP contribution in [-0.4, -0.2) is 29.9 Å². The van der Waals surface area contributed by atoms with Gasteiger partial charge in [-0.1, -0.05) is 31.4 Å². The van der Waals surface area contributed by atoms with Gasteiger partial charge >= 0.3 is 6.18 Å². The molecule has 1 unspecified atom stereocenters. The van der Waals surface area contributed by atoms with Gasteiger partial charge in [0.2, 0.25) is 5.90 Å². The zero-order valence-corrected chi connectivity index (χ0v) is 14.4. The molecule has 150 valence electrons. The van der Waals surface area contributed by atoms with E-state index in [2.05, 4.69) is 23.5 Å². The number of allylic oxidation sites excluding steroid dienone is 7. The highest BCUT2D eigenvalue weighted by atomic mass is 19.4. The first-order valence-electron chi connectivity index (χ1n) is 7.63. The first-order valence-corrected chi connectivity index (χ1v) is 7.63. The Bertz CT molecular complexity index is 805. The molecule has 0 fully saturated rings. The van der Waals surface area contributed by atoms with Gasteiger partial charge in [0.05, 0.1) is 12.0 Å². The van der Waals surface area contributed by atoms with E-state index >= 15 is 0 Å². The molecule has 10 heteroatoms. The van der Waals surface area contributed by atoms with Crippen LogP contribution in [0.1, 0.15) is 6.42 Å². The molecule has 0 bridgehead atoms. The van der Waals surface area contributed by atoms with Crippen molar-refractivity contribution < 1.29 is 31.5 Å². The Balaban J connectivity index is 2.73. The van der Waals surface area contributed by atoms with Gasteiger partial charge in [0.15, 0.2) is 5.71 Å². The molecule has 0 radical (unpaired) electrons. The lowest BCUT2D eigenvalue weighted by Crippen LogP contribution is -2.36. The van der Waals surface area contributed by atoms with Crippen molar-refractivity contribution in [1.82, 2.24) is 5.32 Å². The Morgan fingerprint density at radius 3 is 2.64 bits per heavy atom. The van der Waals surface area contributed by atoms with Gasteiger partial charge in [-0.15, -0.1) is 0 Å². The second-order valence-corrected chi connectivity index (χ2v) is 5.16. The molecule has 0 aromatic heterocycles. The SMILES string of the molecule is C=CN=C(C(=N)O/C=C/C=C\C(=C)C(F)(F)F)C(=O)NC1=CCC(F)C=C1F. The Morgan fingerprint density at radius 1 is 1.39 bits per heavy atom. The summed E-state index contributed by atoms with van der Waals surface area (Å²) in [7, 11) is 0. The molecule has 0 heterocycles. The van der Waals surface area contributed by atoms with E-state index in [1.807, 2.05) is 0 Å². The Hall–Kier alpha value is -3.30. The summed E-state index contributed by atoms with van der Waals surface area (Å²) in [4.78, 5) is 15.7. The first-order chi connectivity index (χ1) is 13.1. The van der Waals surface area contributed by atoms with Crippen LogP contribution in [0.4, 0.5) is 22.0 Å². The summed E-state index contributed by atoms with van der Waals surface area (Å²) in [5.74, 6) is -2.78. The highest BCUT2D eigenvalue weighted by Gasteiger charge is 2.29. The number of nitrogens with one attached hydrogen (secondary N) is 2. The van der Waals surface area contributed by atoms with Gasteiger partial charge in [0.25, 0.3) is 5.91 Å². The summed E-state index contributed by atoms with van der Waals surface area (Å²) in [5, 5.41) is 9.80. The Kier molecular flexibility index (Phi) is 8.24. The largest absolute Gasteiger partial charge is 0.445 e. The van der Waals surface area contributed by atoms with E-state index in [1.165, 1.54) is 0 Å². The quantitative estimate of drug-likeness (QED) is 0.219. The van der Waals surface area contributed by atoms with E-state index in [0.717, 1.165) is 30.7 Å². The van der Waals surface area contributed by atoms with Gasteiger partial charge in [-0.2, -0.15) is 13.2 Å². The topological polar surface area (TPSA) is 74.5 Å². The lowest BCUT2D eigenvalue weighted by Gasteiger charge is -2.14. The number of nitrogens with zero attached hydrogens (tertiary/aromatic N) is 1. The fourth-order valence-electron chi connectivity index (χ4n) is 1.72. The van der Waals surface area contributed by atoms with Gasteiger partial charge in [-0.25, -0.2) is 13.8 Å². The summed E-state index contributed by atoms with van der Waals surface area (Å²) in [6.07, 6.45) is 0.0508. The predicted octanol–water partition coefficient (Wildman–Crippen LogP) is 4.35. The molecule has 2 N–H and O–H groups in total. The van der Waals surface area contributed by atoms with E-state index in [-0.39, 0.29) is 12.1 Å². The molecule has 0 spiro atoms. The highest BCUT2D eigenvalue weighted by Crippen LogP contribution is 2.24. The van der Waals surface area contributed by atoms with Crippen molar-refractivity contribution >= 4 is 17.5 Å². The molecule has 1 atom stereocenters. The predicted molar refractivity (Wildman–Crippen MR) is 94.8 cm³/mol. The van der Waals surface area contributed by atoms with Crippen LogP contribution in [0.15, 0.2) is 78.1 Å². The lowest BCUT2D eigenvalue weighted by atomic mass is 10.1. The molecule has 0 aliphatic heterocycles. The minimum absolute atomic E-state index is 0.136. The molecular weight excluding hydrogens is 385 g/mol. The third kappa shape index (κ3) is 7.14. The first kappa shape index (κ1) is 22.7. The van der Waals surface area contributed by atoms with E-state index in [1.54, 1.807) is 0 Å². The van der Waals surface area contributed by atoms with Crippen LogP contribution in [-0.2, 0) is 9.53 Å². The number of hydrogen-bond donors (Lipinski definition) is 2. The normalized spacial score (nSPS) is 17.9. The van der Waals surface area contributed by atoms with Crippen LogP contribution < -0.4 is 5.32 Å². The van der Waals surface area contributed by atoms with Gasteiger partial charge in [-0.05, 0) is 12.2 Å². The molecule has 0 saturated heterocycles. The van der Waals surface area contributed by atoms with E-state index in [0.29, 0.717) is 12.2 Å².